The van der Waals surface area contributed by atoms with Crippen LogP contribution >= 0.6 is 22.7 Å². The zero-order valence-electron chi connectivity index (χ0n) is 8.15. The van der Waals surface area contributed by atoms with Crippen LogP contribution in [0.2, 0.25) is 0 Å². The van der Waals surface area contributed by atoms with Gasteiger partial charge in [-0.2, -0.15) is 0 Å². The van der Waals surface area contributed by atoms with Crippen molar-refractivity contribution in [2.75, 3.05) is 0 Å². The molecular formula is C11H12OS2. The van der Waals surface area contributed by atoms with E-state index in [0.717, 1.165) is 9.75 Å². The van der Waals surface area contributed by atoms with Crippen LogP contribution in [0.5, 0.6) is 0 Å². The lowest BCUT2D eigenvalue weighted by atomic mass is 10.0. The van der Waals surface area contributed by atoms with Gasteiger partial charge in [0.05, 0.1) is 0 Å². The fraction of sp³-hybridized carbons (Fsp3) is 0.273. The molecule has 1 N–H and O–H groups in total. The van der Waals surface area contributed by atoms with Gasteiger partial charge in [-0.1, -0.05) is 6.07 Å². The fourth-order valence-electron chi connectivity index (χ4n) is 1.37. The van der Waals surface area contributed by atoms with Crippen molar-refractivity contribution >= 4 is 22.7 Å². The van der Waals surface area contributed by atoms with E-state index in [-0.39, 0.29) is 0 Å². The van der Waals surface area contributed by atoms with E-state index in [2.05, 4.69) is 6.92 Å². The summed E-state index contributed by atoms with van der Waals surface area (Å²) in [5.41, 5.74) is -0.826. The monoisotopic (exact) mass is 224 g/mol. The quantitative estimate of drug-likeness (QED) is 0.829. The molecular weight excluding hydrogens is 212 g/mol. The molecule has 3 heteroatoms. The van der Waals surface area contributed by atoms with Crippen LogP contribution in [-0.4, -0.2) is 5.11 Å². The topological polar surface area (TPSA) is 20.2 Å². The Morgan fingerprint density at radius 2 is 2.00 bits per heavy atom. The lowest BCUT2D eigenvalue weighted by Gasteiger charge is -2.19. The van der Waals surface area contributed by atoms with Gasteiger partial charge in [-0.15, -0.1) is 22.7 Å². The second-order valence-corrected chi connectivity index (χ2v) is 5.70. The third kappa shape index (κ3) is 1.63. The Labute approximate surface area is 91.7 Å². The minimum Gasteiger partial charge on any atom is -0.379 e. The first-order valence-corrected chi connectivity index (χ1v) is 6.13. The van der Waals surface area contributed by atoms with Crippen LogP contribution in [0.15, 0.2) is 29.6 Å². The van der Waals surface area contributed by atoms with Crippen LogP contribution in [0.4, 0.5) is 0 Å². The average molecular weight is 224 g/mol. The summed E-state index contributed by atoms with van der Waals surface area (Å²) in [4.78, 5) is 3.24. The first kappa shape index (κ1) is 9.90. The lowest BCUT2D eigenvalue weighted by molar-refractivity contribution is 0.110. The smallest absolute Gasteiger partial charge is 0.130 e. The van der Waals surface area contributed by atoms with E-state index in [4.69, 9.17) is 0 Å². The second-order valence-electron chi connectivity index (χ2n) is 3.46. The normalized spacial score (nSPS) is 15.4. The molecule has 2 aromatic heterocycles. The summed E-state index contributed by atoms with van der Waals surface area (Å²) >= 11 is 3.24. The predicted octanol–water partition coefficient (Wildman–Crippen LogP) is 3.37. The van der Waals surface area contributed by atoms with E-state index in [9.17, 15) is 5.11 Å². The molecule has 1 unspecified atom stereocenters. The summed E-state index contributed by atoms with van der Waals surface area (Å²) in [6.45, 7) is 3.91. The molecule has 0 bridgehead atoms. The molecule has 14 heavy (non-hydrogen) atoms. The highest BCUT2D eigenvalue weighted by Gasteiger charge is 2.27. The Morgan fingerprint density at radius 3 is 2.50 bits per heavy atom. The molecule has 0 saturated carbocycles. The Bertz CT molecular complexity index is 412. The molecule has 2 rings (SSSR count). The van der Waals surface area contributed by atoms with Crippen molar-refractivity contribution in [3.8, 4) is 0 Å². The number of hydrogen-bond acceptors (Lipinski definition) is 3. The largest absolute Gasteiger partial charge is 0.379 e. The van der Waals surface area contributed by atoms with Crippen molar-refractivity contribution in [2.24, 2.45) is 0 Å². The predicted molar refractivity (Wildman–Crippen MR) is 62.0 cm³/mol. The zero-order chi connectivity index (χ0) is 10.2. The molecule has 0 saturated heterocycles. The lowest BCUT2D eigenvalue weighted by Crippen LogP contribution is -2.19. The van der Waals surface area contributed by atoms with Crippen molar-refractivity contribution in [3.63, 3.8) is 0 Å². The summed E-state index contributed by atoms with van der Waals surface area (Å²) in [5, 5.41) is 12.4. The molecule has 0 aliphatic rings. The minimum absolute atomic E-state index is 0.826. The van der Waals surface area contributed by atoms with E-state index < -0.39 is 5.60 Å². The summed E-state index contributed by atoms with van der Waals surface area (Å²) in [7, 11) is 0. The number of thiophene rings is 2. The van der Waals surface area contributed by atoms with Crippen molar-refractivity contribution < 1.29 is 5.11 Å². The Balaban J connectivity index is 2.42. The number of aliphatic hydroxyl groups is 1. The van der Waals surface area contributed by atoms with Gasteiger partial charge in [0.15, 0.2) is 0 Å². The molecule has 0 aliphatic heterocycles. The Morgan fingerprint density at radius 1 is 1.21 bits per heavy atom. The first-order chi connectivity index (χ1) is 6.60. The maximum atomic E-state index is 10.4. The maximum absolute atomic E-state index is 10.4. The van der Waals surface area contributed by atoms with Gasteiger partial charge in [0.1, 0.15) is 5.60 Å². The maximum Gasteiger partial charge on any atom is 0.130 e. The van der Waals surface area contributed by atoms with Crippen LogP contribution in [0.25, 0.3) is 0 Å². The molecule has 0 aliphatic carbocycles. The Kier molecular flexibility index (Phi) is 2.47. The van der Waals surface area contributed by atoms with Crippen LogP contribution < -0.4 is 0 Å². The van der Waals surface area contributed by atoms with Crippen LogP contribution in [0.3, 0.4) is 0 Å². The van der Waals surface area contributed by atoms with Gasteiger partial charge < -0.3 is 5.11 Å². The Hall–Kier alpha value is -0.640. The van der Waals surface area contributed by atoms with Crippen LogP contribution in [-0.2, 0) is 5.60 Å². The van der Waals surface area contributed by atoms with Crippen molar-refractivity contribution in [1.29, 1.82) is 0 Å². The van der Waals surface area contributed by atoms with Gasteiger partial charge in [-0.05, 0) is 37.4 Å². The summed E-state index contributed by atoms with van der Waals surface area (Å²) in [5.74, 6) is 0. The number of rotatable bonds is 2. The molecule has 1 nitrogen and oxygen atoms in total. The average Bonchev–Trinajstić information content (AvgIpc) is 2.72. The molecule has 0 aromatic carbocycles. The van der Waals surface area contributed by atoms with Gasteiger partial charge in [-0.3, -0.25) is 0 Å². The van der Waals surface area contributed by atoms with Crippen molar-refractivity contribution in [1.82, 2.24) is 0 Å². The highest BCUT2D eigenvalue weighted by Crippen LogP contribution is 2.35. The van der Waals surface area contributed by atoms with Crippen molar-refractivity contribution in [3.05, 3.63) is 44.3 Å². The van der Waals surface area contributed by atoms with E-state index in [1.165, 1.54) is 4.88 Å². The molecule has 0 amide bonds. The molecule has 0 radical (unpaired) electrons. The molecule has 2 heterocycles. The zero-order valence-corrected chi connectivity index (χ0v) is 9.78. The second kappa shape index (κ2) is 3.50. The highest BCUT2D eigenvalue weighted by atomic mass is 32.1. The van der Waals surface area contributed by atoms with E-state index in [1.807, 2.05) is 36.6 Å². The standard InChI is InChI=1S/C11H12OS2/c1-8-5-6-10(14-8)11(2,12)9-4-3-7-13-9/h3-7,12H,1-2H3. The van der Waals surface area contributed by atoms with Crippen LogP contribution in [0, 0.1) is 6.92 Å². The van der Waals surface area contributed by atoms with E-state index in [0.29, 0.717) is 0 Å². The summed E-state index contributed by atoms with van der Waals surface area (Å²) in [6.07, 6.45) is 0. The number of hydrogen-bond donors (Lipinski definition) is 1. The van der Waals surface area contributed by atoms with Crippen molar-refractivity contribution in [2.45, 2.75) is 19.4 Å². The van der Waals surface area contributed by atoms with Crippen LogP contribution in [0.1, 0.15) is 21.6 Å². The molecule has 0 spiro atoms. The molecule has 1 atom stereocenters. The fourth-order valence-corrected chi connectivity index (χ4v) is 3.17. The molecule has 0 fully saturated rings. The van der Waals surface area contributed by atoms with Gasteiger partial charge in [0.25, 0.3) is 0 Å². The molecule has 2 aromatic rings. The van der Waals surface area contributed by atoms with E-state index >= 15 is 0 Å². The highest BCUT2D eigenvalue weighted by molar-refractivity contribution is 7.13. The summed E-state index contributed by atoms with van der Waals surface area (Å²) in [6, 6.07) is 7.98. The number of aryl methyl sites for hydroxylation is 1. The van der Waals surface area contributed by atoms with Gasteiger partial charge in [0, 0.05) is 14.6 Å². The SMILES string of the molecule is Cc1ccc(C(C)(O)c2cccs2)s1. The first-order valence-electron chi connectivity index (χ1n) is 4.44. The van der Waals surface area contributed by atoms with Gasteiger partial charge >= 0.3 is 0 Å². The summed E-state index contributed by atoms with van der Waals surface area (Å²) < 4.78 is 0. The van der Waals surface area contributed by atoms with E-state index in [1.54, 1.807) is 22.7 Å². The third-order valence-electron chi connectivity index (χ3n) is 2.22. The van der Waals surface area contributed by atoms with Gasteiger partial charge in [0.2, 0.25) is 0 Å². The third-order valence-corrected chi connectivity index (χ3v) is 4.51. The minimum atomic E-state index is -0.826. The molecule has 74 valence electrons. The van der Waals surface area contributed by atoms with Gasteiger partial charge in [-0.25, -0.2) is 0 Å².